The monoisotopic (exact) mass is 224 g/mol. The van der Waals surface area contributed by atoms with Crippen LogP contribution >= 0.6 is 0 Å². The van der Waals surface area contributed by atoms with Gasteiger partial charge in [-0.15, -0.1) is 0 Å². The van der Waals surface area contributed by atoms with Crippen molar-refractivity contribution >= 4 is 6.01 Å². The Bertz CT molecular complexity index is 317. The first-order chi connectivity index (χ1) is 7.81. The minimum atomic E-state index is -0.0536. The molecule has 4 heteroatoms. The van der Waals surface area contributed by atoms with Gasteiger partial charge >= 0.3 is 0 Å². The van der Waals surface area contributed by atoms with Crippen LogP contribution in [0.15, 0.2) is 10.7 Å². The van der Waals surface area contributed by atoms with Gasteiger partial charge in [-0.1, -0.05) is 25.7 Å². The summed E-state index contributed by atoms with van der Waals surface area (Å²) >= 11 is 0. The van der Waals surface area contributed by atoms with Crippen LogP contribution in [-0.2, 0) is 6.61 Å². The van der Waals surface area contributed by atoms with Crippen molar-refractivity contribution in [1.82, 2.24) is 4.98 Å². The van der Waals surface area contributed by atoms with E-state index >= 15 is 0 Å². The summed E-state index contributed by atoms with van der Waals surface area (Å²) in [6, 6.07) is 1.17. The molecular formula is C12H20N2O2. The van der Waals surface area contributed by atoms with Crippen molar-refractivity contribution in [3.8, 4) is 0 Å². The molecule has 1 N–H and O–H groups in total. The molecule has 16 heavy (non-hydrogen) atoms. The maximum absolute atomic E-state index is 8.95. The molecule has 1 aromatic heterocycles. The van der Waals surface area contributed by atoms with E-state index in [2.05, 4.69) is 9.88 Å². The van der Waals surface area contributed by atoms with Crippen molar-refractivity contribution in [2.24, 2.45) is 0 Å². The van der Waals surface area contributed by atoms with Crippen LogP contribution in [-0.4, -0.2) is 23.2 Å². The Labute approximate surface area is 96.3 Å². The molecule has 0 atom stereocenters. The van der Waals surface area contributed by atoms with Crippen LogP contribution in [0, 0.1) is 0 Å². The van der Waals surface area contributed by atoms with Crippen molar-refractivity contribution in [2.75, 3.05) is 11.9 Å². The predicted octanol–water partition coefficient (Wildman–Crippen LogP) is 2.33. The van der Waals surface area contributed by atoms with E-state index in [1.165, 1.54) is 44.8 Å². The fourth-order valence-electron chi connectivity index (χ4n) is 2.33. The largest absolute Gasteiger partial charge is 0.432 e. The van der Waals surface area contributed by atoms with Crippen LogP contribution in [0.2, 0.25) is 0 Å². The van der Waals surface area contributed by atoms with E-state index in [0.29, 0.717) is 17.8 Å². The van der Waals surface area contributed by atoms with Crippen LogP contribution in [0.1, 0.15) is 44.2 Å². The number of hydrogen-bond donors (Lipinski definition) is 1. The molecule has 0 aliphatic heterocycles. The van der Waals surface area contributed by atoms with Gasteiger partial charge in [0, 0.05) is 13.1 Å². The SMILES string of the molecule is CN(c1nc(CO)co1)C1CCCCCC1. The van der Waals surface area contributed by atoms with Crippen molar-refractivity contribution in [3.05, 3.63) is 12.0 Å². The molecule has 1 fully saturated rings. The summed E-state index contributed by atoms with van der Waals surface area (Å²) in [7, 11) is 2.03. The topological polar surface area (TPSA) is 49.5 Å². The summed E-state index contributed by atoms with van der Waals surface area (Å²) < 4.78 is 5.37. The van der Waals surface area contributed by atoms with Crippen LogP contribution in [0.4, 0.5) is 6.01 Å². The Morgan fingerprint density at radius 2 is 2.06 bits per heavy atom. The van der Waals surface area contributed by atoms with Crippen molar-refractivity contribution in [3.63, 3.8) is 0 Å². The number of nitrogens with zero attached hydrogens (tertiary/aromatic N) is 2. The smallest absolute Gasteiger partial charge is 0.297 e. The lowest BCUT2D eigenvalue weighted by Crippen LogP contribution is -2.31. The molecule has 0 saturated heterocycles. The fourth-order valence-corrected chi connectivity index (χ4v) is 2.33. The highest BCUT2D eigenvalue weighted by Gasteiger charge is 2.20. The first-order valence-electron chi connectivity index (χ1n) is 6.09. The number of aromatic nitrogens is 1. The second-order valence-corrected chi connectivity index (χ2v) is 4.54. The Hall–Kier alpha value is -1.03. The molecule has 0 unspecified atom stereocenters. The van der Waals surface area contributed by atoms with Gasteiger partial charge in [0.15, 0.2) is 0 Å². The Kier molecular flexibility index (Phi) is 3.83. The number of hydrogen-bond acceptors (Lipinski definition) is 4. The lowest BCUT2D eigenvalue weighted by atomic mass is 10.1. The second-order valence-electron chi connectivity index (χ2n) is 4.54. The Morgan fingerprint density at radius 1 is 1.38 bits per heavy atom. The van der Waals surface area contributed by atoms with Crippen LogP contribution in [0.25, 0.3) is 0 Å². The summed E-state index contributed by atoms with van der Waals surface area (Å²) in [6.45, 7) is -0.0536. The maximum atomic E-state index is 8.95. The first kappa shape index (κ1) is 11.5. The lowest BCUT2D eigenvalue weighted by Gasteiger charge is -2.25. The molecule has 1 saturated carbocycles. The Morgan fingerprint density at radius 3 is 2.62 bits per heavy atom. The number of aliphatic hydroxyl groups excluding tert-OH is 1. The third kappa shape index (κ3) is 2.55. The highest BCUT2D eigenvalue weighted by Crippen LogP contribution is 2.24. The zero-order chi connectivity index (χ0) is 11.4. The summed E-state index contributed by atoms with van der Waals surface area (Å²) in [6.07, 6.45) is 9.24. The molecule has 4 nitrogen and oxygen atoms in total. The molecule has 0 spiro atoms. The van der Waals surface area contributed by atoms with E-state index in [1.54, 1.807) is 0 Å². The van der Waals surface area contributed by atoms with Gasteiger partial charge in [-0.25, -0.2) is 0 Å². The molecule has 0 aromatic carbocycles. The van der Waals surface area contributed by atoms with E-state index in [1.807, 2.05) is 7.05 Å². The molecule has 0 bridgehead atoms. The van der Waals surface area contributed by atoms with Gasteiger partial charge in [-0.2, -0.15) is 4.98 Å². The molecular weight excluding hydrogens is 204 g/mol. The van der Waals surface area contributed by atoms with Gasteiger partial charge in [0.1, 0.15) is 12.0 Å². The van der Waals surface area contributed by atoms with Gasteiger partial charge in [-0.05, 0) is 12.8 Å². The standard InChI is InChI=1S/C12H20N2O2/c1-14(11-6-4-2-3-5-7-11)12-13-10(8-15)9-16-12/h9,11,15H,2-8H2,1H3. The predicted molar refractivity (Wildman–Crippen MR) is 62.3 cm³/mol. The van der Waals surface area contributed by atoms with Gasteiger partial charge in [0.05, 0.1) is 6.61 Å². The van der Waals surface area contributed by atoms with Crippen LogP contribution < -0.4 is 4.90 Å². The molecule has 90 valence electrons. The molecule has 1 aromatic rings. The molecule has 0 radical (unpaired) electrons. The zero-order valence-corrected chi connectivity index (χ0v) is 9.85. The van der Waals surface area contributed by atoms with Crippen molar-refractivity contribution < 1.29 is 9.52 Å². The van der Waals surface area contributed by atoms with Gasteiger partial charge in [0.2, 0.25) is 0 Å². The highest BCUT2D eigenvalue weighted by molar-refractivity contribution is 5.27. The van der Waals surface area contributed by atoms with Gasteiger partial charge < -0.3 is 14.4 Å². The zero-order valence-electron chi connectivity index (χ0n) is 9.85. The fraction of sp³-hybridized carbons (Fsp3) is 0.750. The number of aliphatic hydroxyl groups is 1. The minimum Gasteiger partial charge on any atom is -0.432 e. The summed E-state index contributed by atoms with van der Waals surface area (Å²) in [4.78, 5) is 6.36. The molecule has 2 rings (SSSR count). The van der Waals surface area contributed by atoms with E-state index < -0.39 is 0 Å². The average Bonchev–Trinajstić information content (AvgIpc) is 2.62. The third-order valence-corrected chi connectivity index (χ3v) is 3.38. The minimum absolute atomic E-state index is 0.0536. The second kappa shape index (κ2) is 5.34. The van der Waals surface area contributed by atoms with E-state index in [9.17, 15) is 0 Å². The number of oxazole rings is 1. The number of anilines is 1. The molecule has 1 heterocycles. The normalized spacial score (nSPS) is 18.4. The molecule has 1 aliphatic rings. The van der Waals surface area contributed by atoms with E-state index in [4.69, 9.17) is 9.52 Å². The maximum Gasteiger partial charge on any atom is 0.297 e. The van der Waals surface area contributed by atoms with E-state index in [0.717, 1.165) is 0 Å². The Balaban J connectivity index is 2.01. The summed E-state index contributed by atoms with van der Waals surface area (Å²) in [5.41, 5.74) is 0.607. The molecule has 0 amide bonds. The highest BCUT2D eigenvalue weighted by atomic mass is 16.4. The summed E-state index contributed by atoms with van der Waals surface area (Å²) in [5.74, 6) is 0. The van der Waals surface area contributed by atoms with Gasteiger partial charge in [-0.3, -0.25) is 0 Å². The van der Waals surface area contributed by atoms with Crippen molar-refractivity contribution in [1.29, 1.82) is 0 Å². The summed E-state index contributed by atoms with van der Waals surface area (Å²) in [5, 5.41) is 8.95. The quantitative estimate of drug-likeness (QED) is 0.800. The van der Waals surface area contributed by atoms with Crippen LogP contribution in [0.5, 0.6) is 0 Å². The van der Waals surface area contributed by atoms with E-state index in [-0.39, 0.29) is 6.61 Å². The lowest BCUT2D eigenvalue weighted by molar-refractivity contribution is 0.276. The molecule has 1 aliphatic carbocycles. The average molecular weight is 224 g/mol. The van der Waals surface area contributed by atoms with Crippen LogP contribution in [0.3, 0.4) is 0 Å². The first-order valence-corrected chi connectivity index (χ1v) is 6.09. The van der Waals surface area contributed by atoms with Gasteiger partial charge in [0.25, 0.3) is 6.01 Å². The number of rotatable bonds is 3. The third-order valence-electron chi connectivity index (χ3n) is 3.38. The van der Waals surface area contributed by atoms with Crippen molar-refractivity contribution in [2.45, 2.75) is 51.2 Å².